The quantitative estimate of drug-likeness (QED) is 0.598. The van der Waals surface area contributed by atoms with Crippen LogP contribution in [0.4, 0.5) is 5.69 Å². The summed E-state index contributed by atoms with van der Waals surface area (Å²) < 4.78 is 0. The van der Waals surface area contributed by atoms with Gasteiger partial charge in [-0.15, -0.1) is 0 Å². The van der Waals surface area contributed by atoms with Crippen molar-refractivity contribution in [1.82, 2.24) is 0 Å². The van der Waals surface area contributed by atoms with E-state index in [1.54, 1.807) is 24.3 Å². The van der Waals surface area contributed by atoms with E-state index in [0.29, 0.717) is 10.7 Å². The Morgan fingerprint density at radius 3 is 2.06 bits per heavy atom. The number of hydrogen-bond acceptors (Lipinski definition) is 4. The van der Waals surface area contributed by atoms with Crippen LogP contribution in [0.2, 0.25) is 5.02 Å². The van der Waals surface area contributed by atoms with E-state index < -0.39 is 6.04 Å². The minimum Gasteiger partial charge on any atom is -0.297 e. The molecule has 0 radical (unpaired) electrons. The van der Waals surface area contributed by atoms with E-state index in [1.807, 2.05) is 0 Å². The minimum absolute atomic E-state index is 0.315. The van der Waals surface area contributed by atoms with Crippen molar-refractivity contribution in [3.63, 3.8) is 0 Å². The van der Waals surface area contributed by atoms with Gasteiger partial charge in [-0.25, -0.2) is 0 Å². The van der Waals surface area contributed by atoms with E-state index in [9.17, 15) is 9.59 Å². The Morgan fingerprint density at radius 2 is 1.62 bits per heavy atom. The molecule has 1 rings (SSSR count). The maximum atomic E-state index is 11.1. The van der Waals surface area contributed by atoms with Gasteiger partial charge >= 0.3 is 0 Å². The Labute approximate surface area is 98.3 Å². The molecule has 84 valence electrons. The number of carbonyl (C=O) groups is 2. The number of benzene rings is 1. The van der Waals surface area contributed by atoms with Crippen molar-refractivity contribution in [1.29, 1.82) is 0 Å². The first kappa shape index (κ1) is 12.5. The van der Waals surface area contributed by atoms with Crippen molar-refractivity contribution in [3.05, 3.63) is 29.3 Å². The molecule has 16 heavy (non-hydrogen) atoms. The van der Waals surface area contributed by atoms with Gasteiger partial charge in [0.25, 0.3) is 0 Å². The van der Waals surface area contributed by atoms with Gasteiger partial charge in [0.05, 0.1) is 5.69 Å². The van der Waals surface area contributed by atoms with Crippen molar-refractivity contribution in [2.24, 2.45) is 10.2 Å². The van der Waals surface area contributed by atoms with Crippen LogP contribution in [-0.4, -0.2) is 17.6 Å². The molecule has 0 saturated carbocycles. The molecular weight excluding hydrogens is 228 g/mol. The monoisotopic (exact) mass is 238 g/mol. The summed E-state index contributed by atoms with van der Waals surface area (Å²) in [7, 11) is 0. The van der Waals surface area contributed by atoms with Crippen LogP contribution in [0.3, 0.4) is 0 Å². The van der Waals surface area contributed by atoms with Crippen molar-refractivity contribution < 1.29 is 9.59 Å². The van der Waals surface area contributed by atoms with Crippen molar-refractivity contribution >= 4 is 28.9 Å². The van der Waals surface area contributed by atoms with E-state index in [-0.39, 0.29) is 11.6 Å². The summed E-state index contributed by atoms with van der Waals surface area (Å²) in [4.78, 5) is 22.1. The SMILES string of the molecule is CC(=O)C(N=Nc1ccc(Cl)cc1)C(C)=O. The number of halogens is 1. The van der Waals surface area contributed by atoms with Gasteiger partial charge in [0.2, 0.25) is 0 Å². The third-order valence-electron chi connectivity index (χ3n) is 1.89. The highest BCUT2D eigenvalue weighted by molar-refractivity contribution is 6.30. The lowest BCUT2D eigenvalue weighted by Gasteiger charge is -2.01. The number of Topliss-reactive ketones (excluding diaryl/α,β-unsaturated/α-hetero) is 2. The van der Waals surface area contributed by atoms with Crippen LogP contribution < -0.4 is 0 Å². The fourth-order valence-corrected chi connectivity index (χ4v) is 1.21. The number of hydrogen-bond donors (Lipinski definition) is 0. The molecule has 1 aromatic rings. The summed E-state index contributed by atoms with van der Waals surface area (Å²) in [6.45, 7) is 2.62. The molecule has 0 amide bonds. The van der Waals surface area contributed by atoms with E-state index >= 15 is 0 Å². The highest BCUT2D eigenvalue weighted by Crippen LogP contribution is 2.17. The highest BCUT2D eigenvalue weighted by Gasteiger charge is 2.18. The Morgan fingerprint density at radius 1 is 1.12 bits per heavy atom. The normalized spacial score (nSPS) is 11.0. The Hall–Kier alpha value is -1.55. The molecule has 0 heterocycles. The second-order valence-corrected chi connectivity index (χ2v) is 3.75. The number of azo groups is 1. The molecule has 0 aliphatic heterocycles. The molecule has 5 heteroatoms. The van der Waals surface area contributed by atoms with E-state index in [0.717, 1.165) is 0 Å². The first-order valence-electron chi connectivity index (χ1n) is 4.68. The first-order chi connectivity index (χ1) is 7.50. The van der Waals surface area contributed by atoms with Gasteiger partial charge in [-0.3, -0.25) is 9.59 Å². The summed E-state index contributed by atoms with van der Waals surface area (Å²) in [5, 5.41) is 8.11. The Kier molecular flexibility index (Phi) is 4.31. The summed E-state index contributed by atoms with van der Waals surface area (Å²) in [5.74, 6) is -0.629. The zero-order valence-electron chi connectivity index (χ0n) is 8.98. The van der Waals surface area contributed by atoms with Crippen LogP contribution >= 0.6 is 11.6 Å². The molecule has 0 spiro atoms. The predicted octanol–water partition coefficient (Wildman–Crippen LogP) is 2.97. The van der Waals surface area contributed by atoms with E-state index in [4.69, 9.17) is 11.6 Å². The van der Waals surface area contributed by atoms with Crippen LogP contribution in [0.5, 0.6) is 0 Å². The maximum Gasteiger partial charge on any atom is 0.187 e. The summed E-state index contributed by atoms with van der Waals surface area (Å²) in [6.07, 6.45) is 0. The Balaban J connectivity index is 2.82. The fourth-order valence-electron chi connectivity index (χ4n) is 1.08. The average Bonchev–Trinajstić information content (AvgIpc) is 2.20. The van der Waals surface area contributed by atoms with Crippen molar-refractivity contribution in [3.8, 4) is 0 Å². The van der Waals surface area contributed by atoms with Crippen molar-refractivity contribution in [2.75, 3.05) is 0 Å². The molecule has 0 aromatic heterocycles. The number of rotatable bonds is 4. The van der Waals surface area contributed by atoms with Crippen LogP contribution in [0.15, 0.2) is 34.5 Å². The van der Waals surface area contributed by atoms with E-state index in [2.05, 4.69) is 10.2 Å². The van der Waals surface area contributed by atoms with E-state index in [1.165, 1.54) is 13.8 Å². The second kappa shape index (κ2) is 5.51. The molecule has 0 fully saturated rings. The maximum absolute atomic E-state index is 11.1. The topological polar surface area (TPSA) is 58.9 Å². The van der Waals surface area contributed by atoms with Gasteiger partial charge in [-0.2, -0.15) is 10.2 Å². The highest BCUT2D eigenvalue weighted by atomic mass is 35.5. The smallest absolute Gasteiger partial charge is 0.187 e. The van der Waals surface area contributed by atoms with Crippen LogP contribution in [0.25, 0.3) is 0 Å². The molecular formula is C11H11ClN2O2. The number of ketones is 2. The second-order valence-electron chi connectivity index (χ2n) is 3.32. The number of carbonyl (C=O) groups excluding carboxylic acids is 2. The number of nitrogens with zero attached hydrogens (tertiary/aromatic N) is 2. The average molecular weight is 239 g/mol. The van der Waals surface area contributed by atoms with Crippen molar-refractivity contribution in [2.45, 2.75) is 19.9 Å². The lowest BCUT2D eigenvalue weighted by molar-refractivity contribution is -0.126. The van der Waals surface area contributed by atoms with Gasteiger partial charge in [0.15, 0.2) is 17.6 Å². The van der Waals surface area contributed by atoms with Gasteiger partial charge in [-0.05, 0) is 38.1 Å². The summed E-state index contributed by atoms with van der Waals surface area (Å²) in [6, 6.07) is 5.63. The molecule has 0 aliphatic rings. The molecule has 0 unspecified atom stereocenters. The largest absolute Gasteiger partial charge is 0.297 e. The van der Waals surface area contributed by atoms with Crippen LogP contribution in [0.1, 0.15) is 13.8 Å². The minimum atomic E-state index is -1.00. The molecule has 0 bridgehead atoms. The Bertz CT molecular complexity index is 412. The molecule has 0 atom stereocenters. The van der Waals surface area contributed by atoms with Gasteiger partial charge in [-0.1, -0.05) is 11.6 Å². The third kappa shape index (κ3) is 3.55. The summed E-state index contributed by atoms with van der Waals surface area (Å²) >= 11 is 5.69. The molecule has 4 nitrogen and oxygen atoms in total. The third-order valence-corrected chi connectivity index (χ3v) is 2.14. The first-order valence-corrected chi connectivity index (χ1v) is 5.06. The fraction of sp³-hybridized carbons (Fsp3) is 0.273. The molecule has 1 aromatic carbocycles. The zero-order chi connectivity index (χ0) is 12.1. The van der Waals surface area contributed by atoms with Gasteiger partial charge in [0, 0.05) is 5.02 Å². The standard InChI is InChI=1S/C11H11ClN2O2/c1-7(15)11(8(2)16)14-13-10-5-3-9(12)4-6-10/h3-6,11H,1-2H3. The molecule has 0 saturated heterocycles. The molecule has 0 N–H and O–H groups in total. The van der Waals surface area contributed by atoms with Gasteiger partial charge in [0.1, 0.15) is 0 Å². The zero-order valence-corrected chi connectivity index (χ0v) is 9.73. The lowest BCUT2D eigenvalue weighted by Crippen LogP contribution is -2.23. The van der Waals surface area contributed by atoms with Crippen LogP contribution in [0, 0.1) is 0 Å². The lowest BCUT2D eigenvalue weighted by atomic mass is 10.1. The predicted molar refractivity (Wildman–Crippen MR) is 61.1 cm³/mol. The molecule has 0 aliphatic carbocycles. The van der Waals surface area contributed by atoms with Crippen LogP contribution in [-0.2, 0) is 9.59 Å². The van der Waals surface area contributed by atoms with Gasteiger partial charge < -0.3 is 0 Å². The summed E-state index contributed by atoms with van der Waals surface area (Å²) in [5.41, 5.74) is 0.553.